The maximum Gasteiger partial charge on any atom is 0.0587 e. The summed E-state index contributed by atoms with van der Waals surface area (Å²) in [5.41, 5.74) is 0. The molecule has 80 valence electrons. The molecule has 1 fully saturated rings. The van der Waals surface area contributed by atoms with Crippen molar-refractivity contribution in [3.05, 3.63) is 0 Å². The van der Waals surface area contributed by atoms with Gasteiger partial charge in [-0.1, -0.05) is 0 Å². The molecule has 0 saturated carbocycles. The van der Waals surface area contributed by atoms with Crippen molar-refractivity contribution in [2.45, 2.75) is 18.9 Å². The summed E-state index contributed by atoms with van der Waals surface area (Å²) in [5.74, 6) is 0. The van der Waals surface area contributed by atoms with Gasteiger partial charge in [0.05, 0.1) is 6.61 Å². The van der Waals surface area contributed by atoms with Gasteiger partial charge >= 0.3 is 0 Å². The molecule has 0 aromatic rings. The van der Waals surface area contributed by atoms with Gasteiger partial charge in [0, 0.05) is 19.7 Å². The molecule has 0 radical (unpaired) electrons. The Morgan fingerprint density at radius 2 is 2.00 bits per heavy atom. The maximum atomic E-state index is 4.98. The Hall–Kier alpha value is 0.170. The monoisotopic (exact) mass is 208 g/mol. The number of piperidine rings is 1. The van der Waals surface area contributed by atoms with Crippen LogP contribution in [-0.4, -0.2) is 51.3 Å². The summed E-state index contributed by atoms with van der Waals surface area (Å²) >= 11 is 0. The quantitative estimate of drug-likeness (QED) is 0.690. The van der Waals surface area contributed by atoms with Gasteiger partial charge in [-0.25, -0.2) is 0 Å². The summed E-state index contributed by atoms with van der Waals surface area (Å²) in [6, 6.07) is 0.719. The SMILES string of the molecule is COCCNC1CCN(C)CC1.Cl. The minimum atomic E-state index is 0. The van der Waals surface area contributed by atoms with Crippen molar-refractivity contribution in [1.29, 1.82) is 0 Å². The van der Waals surface area contributed by atoms with Gasteiger partial charge in [0.15, 0.2) is 0 Å². The fourth-order valence-electron chi connectivity index (χ4n) is 1.58. The van der Waals surface area contributed by atoms with Crippen LogP contribution in [0.15, 0.2) is 0 Å². The second kappa shape index (κ2) is 7.56. The number of nitrogens with zero attached hydrogens (tertiary/aromatic N) is 1. The van der Waals surface area contributed by atoms with Gasteiger partial charge < -0.3 is 15.0 Å². The summed E-state index contributed by atoms with van der Waals surface area (Å²) in [7, 11) is 3.93. The van der Waals surface area contributed by atoms with Crippen LogP contribution in [0.1, 0.15) is 12.8 Å². The second-order valence-corrected chi connectivity index (χ2v) is 3.52. The van der Waals surface area contributed by atoms with E-state index in [-0.39, 0.29) is 12.4 Å². The van der Waals surface area contributed by atoms with Crippen LogP contribution in [0.5, 0.6) is 0 Å². The molecule has 0 amide bonds. The zero-order valence-corrected chi connectivity index (χ0v) is 9.40. The highest BCUT2D eigenvalue weighted by molar-refractivity contribution is 5.85. The molecule has 0 atom stereocenters. The van der Waals surface area contributed by atoms with E-state index in [1.165, 1.54) is 25.9 Å². The number of methoxy groups -OCH3 is 1. The normalized spacial score (nSPS) is 19.8. The van der Waals surface area contributed by atoms with E-state index in [4.69, 9.17) is 4.74 Å². The highest BCUT2D eigenvalue weighted by Crippen LogP contribution is 2.07. The lowest BCUT2D eigenvalue weighted by atomic mass is 10.1. The Morgan fingerprint density at radius 1 is 1.38 bits per heavy atom. The second-order valence-electron chi connectivity index (χ2n) is 3.52. The lowest BCUT2D eigenvalue weighted by Gasteiger charge is -2.29. The predicted octanol–water partition coefficient (Wildman–Crippen LogP) is 0.738. The van der Waals surface area contributed by atoms with E-state index in [0.29, 0.717) is 0 Å². The molecule has 1 heterocycles. The van der Waals surface area contributed by atoms with Crippen molar-refractivity contribution in [1.82, 2.24) is 10.2 Å². The van der Waals surface area contributed by atoms with Gasteiger partial charge in [0.1, 0.15) is 0 Å². The Bertz CT molecular complexity index is 116. The summed E-state index contributed by atoms with van der Waals surface area (Å²) in [4.78, 5) is 2.38. The van der Waals surface area contributed by atoms with Crippen LogP contribution < -0.4 is 5.32 Å². The molecule has 3 nitrogen and oxygen atoms in total. The minimum absolute atomic E-state index is 0. The van der Waals surface area contributed by atoms with Gasteiger partial charge in [0.25, 0.3) is 0 Å². The highest BCUT2D eigenvalue weighted by atomic mass is 35.5. The smallest absolute Gasteiger partial charge is 0.0587 e. The van der Waals surface area contributed by atoms with E-state index in [2.05, 4.69) is 17.3 Å². The van der Waals surface area contributed by atoms with E-state index in [1.807, 2.05) is 0 Å². The van der Waals surface area contributed by atoms with E-state index < -0.39 is 0 Å². The van der Waals surface area contributed by atoms with Crippen molar-refractivity contribution in [2.75, 3.05) is 40.4 Å². The van der Waals surface area contributed by atoms with Crippen LogP contribution >= 0.6 is 12.4 Å². The topological polar surface area (TPSA) is 24.5 Å². The first-order chi connectivity index (χ1) is 5.83. The largest absolute Gasteiger partial charge is 0.383 e. The molecule has 1 aliphatic heterocycles. The Labute approximate surface area is 87.2 Å². The molecule has 13 heavy (non-hydrogen) atoms. The third-order valence-electron chi connectivity index (χ3n) is 2.46. The number of rotatable bonds is 4. The molecule has 1 rings (SSSR count). The van der Waals surface area contributed by atoms with Gasteiger partial charge in [-0.2, -0.15) is 0 Å². The first-order valence-corrected chi connectivity index (χ1v) is 4.74. The lowest BCUT2D eigenvalue weighted by Crippen LogP contribution is -2.41. The molecule has 0 unspecified atom stereocenters. The van der Waals surface area contributed by atoms with Gasteiger partial charge in [0.2, 0.25) is 0 Å². The van der Waals surface area contributed by atoms with Crippen LogP contribution in [0, 0.1) is 0 Å². The fourth-order valence-corrected chi connectivity index (χ4v) is 1.58. The number of likely N-dealkylation sites (tertiary alicyclic amines) is 1. The van der Waals surface area contributed by atoms with E-state index in [1.54, 1.807) is 7.11 Å². The minimum Gasteiger partial charge on any atom is -0.383 e. The Kier molecular flexibility index (Phi) is 7.66. The van der Waals surface area contributed by atoms with Crippen molar-refractivity contribution < 1.29 is 4.74 Å². The van der Waals surface area contributed by atoms with Gasteiger partial charge in [-0.15, -0.1) is 12.4 Å². The van der Waals surface area contributed by atoms with Crippen LogP contribution in [0.25, 0.3) is 0 Å². The molecule has 1 saturated heterocycles. The summed E-state index contributed by atoms with van der Waals surface area (Å²) in [6.07, 6.45) is 2.56. The molecule has 0 aromatic carbocycles. The maximum absolute atomic E-state index is 4.98. The van der Waals surface area contributed by atoms with Crippen molar-refractivity contribution >= 4 is 12.4 Å². The molecule has 0 spiro atoms. The number of hydrogen-bond donors (Lipinski definition) is 1. The number of nitrogens with one attached hydrogen (secondary N) is 1. The lowest BCUT2D eigenvalue weighted by molar-refractivity contribution is 0.182. The van der Waals surface area contributed by atoms with E-state index >= 15 is 0 Å². The molecular weight excluding hydrogens is 188 g/mol. The molecular formula is C9H21ClN2O. The molecule has 0 aromatic heterocycles. The van der Waals surface area contributed by atoms with E-state index in [0.717, 1.165) is 19.2 Å². The number of halogens is 1. The zero-order chi connectivity index (χ0) is 8.81. The predicted molar refractivity (Wildman–Crippen MR) is 57.6 cm³/mol. The van der Waals surface area contributed by atoms with Crippen LogP contribution in [0.2, 0.25) is 0 Å². The highest BCUT2D eigenvalue weighted by Gasteiger charge is 2.14. The summed E-state index contributed by atoms with van der Waals surface area (Å²) in [6.45, 7) is 4.27. The van der Waals surface area contributed by atoms with Crippen LogP contribution in [0.3, 0.4) is 0 Å². The van der Waals surface area contributed by atoms with Crippen molar-refractivity contribution in [3.8, 4) is 0 Å². The molecule has 0 bridgehead atoms. The number of ether oxygens (including phenoxy) is 1. The van der Waals surface area contributed by atoms with Gasteiger partial charge in [-0.05, 0) is 33.0 Å². The molecule has 1 aliphatic rings. The standard InChI is InChI=1S/C9H20N2O.ClH/c1-11-6-3-9(4-7-11)10-5-8-12-2;/h9-10H,3-8H2,1-2H3;1H. The first-order valence-electron chi connectivity index (χ1n) is 4.74. The van der Waals surface area contributed by atoms with Crippen molar-refractivity contribution in [2.24, 2.45) is 0 Å². The number of hydrogen-bond acceptors (Lipinski definition) is 3. The van der Waals surface area contributed by atoms with Crippen LogP contribution in [0.4, 0.5) is 0 Å². The van der Waals surface area contributed by atoms with Crippen molar-refractivity contribution in [3.63, 3.8) is 0 Å². The Morgan fingerprint density at radius 3 is 2.54 bits per heavy atom. The summed E-state index contributed by atoms with van der Waals surface area (Å²) < 4.78 is 4.98. The molecule has 1 N–H and O–H groups in total. The molecule has 0 aliphatic carbocycles. The first kappa shape index (κ1) is 13.2. The third kappa shape index (κ3) is 5.47. The van der Waals surface area contributed by atoms with Crippen LogP contribution in [-0.2, 0) is 4.74 Å². The zero-order valence-electron chi connectivity index (χ0n) is 8.58. The fraction of sp³-hybridized carbons (Fsp3) is 1.00. The van der Waals surface area contributed by atoms with E-state index in [9.17, 15) is 0 Å². The summed E-state index contributed by atoms with van der Waals surface area (Å²) in [5, 5.41) is 3.49. The average Bonchev–Trinajstić information content (AvgIpc) is 2.09. The third-order valence-corrected chi connectivity index (χ3v) is 2.46. The average molecular weight is 209 g/mol. The Balaban J connectivity index is 0.00000144. The van der Waals surface area contributed by atoms with Gasteiger partial charge in [-0.3, -0.25) is 0 Å². The molecule has 4 heteroatoms.